The van der Waals surface area contributed by atoms with Gasteiger partial charge in [-0.25, -0.2) is 13.1 Å². The van der Waals surface area contributed by atoms with Gasteiger partial charge in [-0.15, -0.1) is 0 Å². The molecule has 0 atom stereocenters. The Kier molecular flexibility index (Phi) is 7.23. The summed E-state index contributed by atoms with van der Waals surface area (Å²) in [5.41, 5.74) is 1.26. The summed E-state index contributed by atoms with van der Waals surface area (Å²) in [6.45, 7) is 3.81. The Morgan fingerprint density at radius 1 is 1.17 bits per heavy atom. The molecule has 2 N–H and O–H groups in total. The number of benzene rings is 2. The Morgan fingerprint density at radius 2 is 1.90 bits per heavy atom. The van der Waals surface area contributed by atoms with E-state index in [0.29, 0.717) is 35.1 Å². The highest BCUT2D eigenvalue weighted by molar-refractivity contribution is 7.89. The number of methoxy groups -OCH3 is 1. The van der Waals surface area contributed by atoms with Crippen LogP contribution in [0.1, 0.15) is 36.5 Å². The summed E-state index contributed by atoms with van der Waals surface area (Å²) >= 11 is 6.03. The number of sulfonamides is 1. The predicted octanol–water partition coefficient (Wildman–Crippen LogP) is 3.89. The van der Waals surface area contributed by atoms with Crippen LogP contribution >= 0.6 is 11.6 Å². The Labute approximate surface area is 182 Å². The van der Waals surface area contributed by atoms with E-state index >= 15 is 0 Å². The fraction of sp³-hybridized carbons (Fsp3) is 0.381. The minimum absolute atomic E-state index is 0.114. The third-order valence-electron chi connectivity index (χ3n) is 4.91. The van der Waals surface area contributed by atoms with E-state index in [1.54, 1.807) is 30.3 Å². The van der Waals surface area contributed by atoms with Crippen LogP contribution in [0.25, 0.3) is 0 Å². The number of nitrogens with one attached hydrogen (secondary N) is 2. The van der Waals surface area contributed by atoms with Gasteiger partial charge in [-0.1, -0.05) is 18.5 Å². The van der Waals surface area contributed by atoms with Crippen molar-refractivity contribution >= 4 is 38.9 Å². The number of hydrogen-bond donors (Lipinski definition) is 2. The maximum Gasteiger partial charge on any atom is 0.255 e. The summed E-state index contributed by atoms with van der Waals surface area (Å²) in [5, 5.41) is 3.20. The molecular weight excluding hydrogens is 426 g/mol. The molecule has 0 radical (unpaired) electrons. The first-order valence-corrected chi connectivity index (χ1v) is 11.8. The van der Waals surface area contributed by atoms with E-state index < -0.39 is 15.9 Å². The molecule has 0 saturated carbocycles. The number of halogens is 1. The van der Waals surface area contributed by atoms with Crippen molar-refractivity contribution in [1.29, 1.82) is 0 Å². The van der Waals surface area contributed by atoms with Gasteiger partial charge >= 0.3 is 0 Å². The third-order valence-corrected chi connectivity index (χ3v) is 6.64. The number of ether oxygens (including phenoxy) is 1. The molecule has 1 aliphatic heterocycles. The number of carbonyl (C=O) groups excluding carboxylic acids is 1. The van der Waals surface area contributed by atoms with Crippen LogP contribution in [0.2, 0.25) is 5.02 Å². The van der Waals surface area contributed by atoms with Gasteiger partial charge < -0.3 is 15.0 Å². The second-order valence-electron chi connectivity index (χ2n) is 7.07. The van der Waals surface area contributed by atoms with Gasteiger partial charge in [0, 0.05) is 30.2 Å². The standard InChI is InChI=1S/C21H26ClN3O4S/c1-3-10-23-30(27,28)20-13-15(6-8-18(20)25-11-4-5-12-25)21(26)24-17-14-16(22)7-9-19(17)29-2/h6-9,13-14,23H,3-5,10-12H2,1-2H3,(H,24,26). The molecule has 1 amide bonds. The van der Waals surface area contributed by atoms with Crippen LogP contribution in [-0.4, -0.2) is 41.1 Å². The highest BCUT2D eigenvalue weighted by atomic mass is 35.5. The second kappa shape index (κ2) is 9.68. The maximum atomic E-state index is 12.9. The van der Waals surface area contributed by atoms with Crippen molar-refractivity contribution in [2.45, 2.75) is 31.1 Å². The number of hydrogen-bond acceptors (Lipinski definition) is 5. The van der Waals surface area contributed by atoms with Gasteiger partial charge in [0.05, 0.1) is 18.5 Å². The molecule has 0 unspecified atom stereocenters. The molecule has 0 spiro atoms. The molecule has 1 fully saturated rings. The van der Waals surface area contributed by atoms with E-state index in [0.717, 1.165) is 25.9 Å². The van der Waals surface area contributed by atoms with Crippen LogP contribution in [0.4, 0.5) is 11.4 Å². The quantitative estimate of drug-likeness (QED) is 0.635. The van der Waals surface area contributed by atoms with Gasteiger partial charge in [-0.3, -0.25) is 4.79 Å². The van der Waals surface area contributed by atoms with E-state index in [1.165, 1.54) is 13.2 Å². The highest BCUT2D eigenvalue weighted by Crippen LogP contribution is 2.31. The molecule has 7 nitrogen and oxygen atoms in total. The number of anilines is 2. The smallest absolute Gasteiger partial charge is 0.255 e. The van der Waals surface area contributed by atoms with Crippen molar-refractivity contribution in [2.75, 3.05) is 37.0 Å². The molecule has 0 aromatic heterocycles. The van der Waals surface area contributed by atoms with Crippen molar-refractivity contribution in [3.05, 3.63) is 47.0 Å². The summed E-state index contributed by atoms with van der Waals surface area (Å²) in [6, 6.07) is 9.66. The summed E-state index contributed by atoms with van der Waals surface area (Å²) in [5.74, 6) is 0.00868. The third kappa shape index (κ3) is 5.06. The first-order valence-electron chi connectivity index (χ1n) is 9.89. The molecule has 0 aliphatic carbocycles. The van der Waals surface area contributed by atoms with Crippen molar-refractivity contribution in [2.24, 2.45) is 0 Å². The lowest BCUT2D eigenvalue weighted by Crippen LogP contribution is -2.28. The lowest BCUT2D eigenvalue weighted by Gasteiger charge is -2.22. The molecule has 2 aromatic rings. The van der Waals surface area contributed by atoms with Crippen molar-refractivity contribution in [3.8, 4) is 5.75 Å². The van der Waals surface area contributed by atoms with Crippen LogP contribution in [0.5, 0.6) is 5.75 Å². The first-order chi connectivity index (χ1) is 14.4. The highest BCUT2D eigenvalue weighted by Gasteiger charge is 2.25. The molecule has 1 saturated heterocycles. The molecule has 1 aliphatic rings. The van der Waals surface area contributed by atoms with Gasteiger partial charge in [-0.05, 0) is 55.7 Å². The van der Waals surface area contributed by atoms with Crippen molar-refractivity contribution in [1.82, 2.24) is 4.72 Å². The topological polar surface area (TPSA) is 87.7 Å². The normalized spacial score (nSPS) is 14.0. The average molecular weight is 452 g/mol. The van der Waals surface area contributed by atoms with E-state index in [4.69, 9.17) is 16.3 Å². The van der Waals surface area contributed by atoms with E-state index in [9.17, 15) is 13.2 Å². The van der Waals surface area contributed by atoms with E-state index in [-0.39, 0.29) is 10.5 Å². The molecule has 9 heteroatoms. The van der Waals surface area contributed by atoms with Crippen LogP contribution in [0.3, 0.4) is 0 Å². The van der Waals surface area contributed by atoms with Crippen molar-refractivity contribution in [3.63, 3.8) is 0 Å². The molecule has 2 aromatic carbocycles. The zero-order valence-electron chi connectivity index (χ0n) is 17.1. The summed E-state index contributed by atoms with van der Waals surface area (Å²) in [4.78, 5) is 15.0. The predicted molar refractivity (Wildman–Crippen MR) is 119 cm³/mol. The van der Waals surface area contributed by atoms with Crippen LogP contribution in [0.15, 0.2) is 41.3 Å². The maximum absolute atomic E-state index is 12.9. The van der Waals surface area contributed by atoms with Crippen LogP contribution in [-0.2, 0) is 10.0 Å². The molecule has 1 heterocycles. The summed E-state index contributed by atoms with van der Waals surface area (Å²) < 4.78 is 33.7. The van der Waals surface area contributed by atoms with Crippen LogP contribution in [0, 0.1) is 0 Å². The molecular formula is C21H26ClN3O4S. The Morgan fingerprint density at radius 3 is 2.57 bits per heavy atom. The van der Waals surface area contributed by atoms with Crippen molar-refractivity contribution < 1.29 is 17.9 Å². The van der Waals surface area contributed by atoms with Gasteiger partial charge in [0.15, 0.2) is 0 Å². The van der Waals surface area contributed by atoms with Crippen LogP contribution < -0.4 is 19.7 Å². The number of amides is 1. The minimum Gasteiger partial charge on any atom is -0.495 e. The fourth-order valence-corrected chi connectivity index (χ4v) is 4.93. The van der Waals surface area contributed by atoms with E-state index in [2.05, 4.69) is 10.0 Å². The van der Waals surface area contributed by atoms with Gasteiger partial charge in [0.25, 0.3) is 5.91 Å². The fourth-order valence-electron chi connectivity index (χ4n) is 3.38. The Balaban J connectivity index is 1.96. The molecule has 3 rings (SSSR count). The first kappa shape index (κ1) is 22.4. The minimum atomic E-state index is -3.76. The van der Waals surface area contributed by atoms with E-state index in [1.807, 2.05) is 11.8 Å². The summed E-state index contributed by atoms with van der Waals surface area (Å²) in [6.07, 6.45) is 2.70. The number of carbonyl (C=O) groups is 1. The van der Waals surface area contributed by atoms with Gasteiger partial charge in [0.1, 0.15) is 10.6 Å². The zero-order valence-corrected chi connectivity index (χ0v) is 18.6. The average Bonchev–Trinajstić information content (AvgIpc) is 3.27. The zero-order chi connectivity index (χ0) is 21.7. The Bertz CT molecular complexity index is 1020. The second-order valence-corrected chi connectivity index (χ2v) is 9.24. The number of nitrogens with zero attached hydrogens (tertiary/aromatic N) is 1. The Hall–Kier alpha value is -2.29. The molecule has 162 valence electrons. The molecule has 0 bridgehead atoms. The largest absolute Gasteiger partial charge is 0.495 e. The summed E-state index contributed by atoms with van der Waals surface area (Å²) in [7, 11) is -2.26. The molecule has 30 heavy (non-hydrogen) atoms. The monoisotopic (exact) mass is 451 g/mol. The lowest BCUT2D eigenvalue weighted by atomic mass is 10.1. The van der Waals surface area contributed by atoms with Gasteiger partial charge in [0.2, 0.25) is 10.0 Å². The SMILES string of the molecule is CCCNS(=O)(=O)c1cc(C(=O)Nc2cc(Cl)ccc2OC)ccc1N1CCCC1. The van der Waals surface area contributed by atoms with Gasteiger partial charge in [-0.2, -0.15) is 0 Å². The number of rotatable bonds is 8. The lowest BCUT2D eigenvalue weighted by molar-refractivity contribution is 0.102.